The van der Waals surface area contributed by atoms with Crippen LogP contribution in [0.2, 0.25) is 5.02 Å². The summed E-state index contributed by atoms with van der Waals surface area (Å²) >= 11 is 15.0. The summed E-state index contributed by atoms with van der Waals surface area (Å²) in [6.45, 7) is 1.69. The van der Waals surface area contributed by atoms with E-state index in [1.54, 1.807) is 37.4 Å². The van der Waals surface area contributed by atoms with Crippen LogP contribution in [0.4, 0.5) is 5.69 Å². The molecule has 1 fully saturated rings. The molecule has 0 unspecified atom stereocenters. The van der Waals surface area contributed by atoms with Gasteiger partial charge in [0.2, 0.25) is 10.0 Å². The van der Waals surface area contributed by atoms with Crippen LogP contribution in [0.15, 0.2) is 51.8 Å². The Morgan fingerprint density at radius 1 is 1.14 bits per heavy atom. The van der Waals surface area contributed by atoms with Crippen LogP contribution in [0, 0.1) is 0 Å². The van der Waals surface area contributed by atoms with Crippen LogP contribution < -0.4 is 10.1 Å². The number of thiocarbonyl (C=S) groups is 1. The molecule has 0 aromatic heterocycles. The average molecular weight is 505 g/mol. The summed E-state index contributed by atoms with van der Waals surface area (Å²) in [5.41, 5.74) is 0.711. The van der Waals surface area contributed by atoms with Gasteiger partial charge in [-0.25, -0.2) is 8.42 Å². The molecular weight excluding hydrogens is 486 g/mol. The van der Waals surface area contributed by atoms with Crippen LogP contribution in [-0.2, 0) is 10.0 Å². The molecule has 1 saturated heterocycles. The molecule has 150 valence electrons. The first-order chi connectivity index (χ1) is 13.3. The summed E-state index contributed by atoms with van der Waals surface area (Å²) in [7, 11) is -2.00. The van der Waals surface area contributed by atoms with E-state index in [0.29, 0.717) is 47.8 Å². The molecule has 28 heavy (non-hydrogen) atoms. The molecular formula is C18H19BrClN3O3S2. The molecule has 1 aliphatic heterocycles. The van der Waals surface area contributed by atoms with Crippen molar-refractivity contribution in [2.75, 3.05) is 38.6 Å². The largest absolute Gasteiger partial charge is 0.497 e. The van der Waals surface area contributed by atoms with E-state index < -0.39 is 10.0 Å². The average Bonchev–Trinajstić information content (AvgIpc) is 2.70. The molecule has 2 aromatic rings. The van der Waals surface area contributed by atoms with Crippen molar-refractivity contribution >= 4 is 60.6 Å². The molecule has 0 spiro atoms. The highest BCUT2D eigenvalue weighted by Crippen LogP contribution is 2.26. The minimum Gasteiger partial charge on any atom is -0.497 e. The van der Waals surface area contributed by atoms with Crippen molar-refractivity contribution in [3.63, 3.8) is 0 Å². The summed E-state index contributed by atoms with van der Waals surface area (Å²) in [6.07, 6.45) is 0. The number of rotatable bonds is 4. The van der Waals surface area contributed by atoms with Crippen LogP contribution in [0.1, 0.15) is 0 Å². The number of anilines is 1. The van der Waals surface area contributed by atoms with E-state index in [1.165, 1.54) is 4.31 Å². The number of methoxy groups -OCH3 is 1. The van der Waals surface area contributed by atoms with Gasteiger partial charge in [0.05, 0.1) is 22.7 Å². The lowest BCUT2D eigenvalue weighted by Crippen LogP contribution is -2.51. The number of benzene rings is 2. The molecule has 0 bridgehead atoms. The highest BCUT2D eigenvalue weighted by Gasteiger charge is 2.29. The van der Waals surface area contributed by atoms with Gasteiger partial charge in [-0.15, -0.1) is 0 Å². The number of nitrogens with one attached hydrogen (secondary N) is 1. The summed E-state index contributed by atoms with van der Waals surface area (Å²) in [4.78, 5) is 2.19. The molecule has 0 saturated carbocycles. The van der Waals surface area contributed by atoms with Crippen molar-refractivity contribution in [3.8, 4) is 5.75 Å². The van der Waals surface area contributed by atoms with Crippen molar-refractivity contribution in [2.24, 2.45) is 0 Å². The van der Waals surface area contributed by atoms with E-state index in [0.717, 1.165) is 4.47 Å². The summed E-state index contributed by atoms with van der Waals surface area (Å²) < 4.78 is 33.1. The molecule has 1 heterocycles. The number of piperazine rings is 1. The maximum atomic E-state index is 12.8. The van der Waals surface area contributed by atoms with Crippen LogP contribution in [0.25, 0.3) is 0 Å². The Labute approximate surface area is 183 Å². The Morgan fingerprint density at radius 3 is 2.36 bits per heavy atom. The zero-order chi connectivity index (χ0) is 20.3. The topological polar surface area (TPSA) is 61.9 Å². The smallest absolute Gasteiger partial charge is 0.243 e. The van der Waals surface area contributed by atoms with Gasteiger partial charge in [-0.05, 0) is 54.7 Å². The molecule has 0 amide bonds. The molecule has 0 radical (unpaired) electrons. The maximum Gasteiger partial charge on any atom is 0.243 e. The van der Waals surface area contributed by atoms with E-state index in [4.69, 9.17) is 28.6 Å². The number of ether oxygens (including phenoxy) is 1. The third kappa shape index (κ3) is 4.77. The minimum atomic E-state index is -3.55. The standard InChI is InChI=1S/C18H19BrClN3O3S2/c1-26-14-3-5-15(6-4-14)28(24,25)23-10-8-22(9-11-23)18(27)21-17-7-2-13(19)12-16(17)20/h2-7,12H,8-11H2,1H3,(H,21,27). The highest BCUT2D eigenvalue weighted by molar-refractivity contribution is 9.10. The molecule has 6 nitrogen and oxygen atoms in total. The third-order valence-electron chi connectivity index (χ3n) is 4.40. The van der Waals surface area contributed by atoms with Gasteiger partial charge in [-0.1, -0.05) is 27.5 Å². The second kappa shape index (κ2) is 8.96. The van der Waals surface area contributed by atoms with Crippen molar-refractivity contribution < 1.29 is 13.2 Å². The molecule has 0 aliphatic carbocycles. The summed E-state index contributed by atoms with van der Waals surface area (Å²) in [5, 5.41) is 4.20. The first-order valence-electron chi connectivity index (χ1n) is 8.46. The van der Waals surface area contributed by atoms with Gasteiger partial charge in [0.15, 0.2) is 5.11 Å². The van der Waals surface area contributed by atoms with Gasteiger partial charge in [-0.2, -0.15) is 4.31 Å². The summed E-state index contributed by atoms with van der Waals surface area (Å²) in [6, 6.07) is 11.9. The van der Waals surface area contributed by atoms with Crippen molar-refractivity contribution in [3.05, 3.63) is 52.0 Å². The Kier molecular flexibility index (Phi) is 6.82. The first kappa shape index (κ1) is 21.3. The Morgan fingerprint density at radius 2 is 1.79 bits per heavy atom. The lowest BCUT2D eigenvalue weighted by Gasteiger charge is -2.35. The van der Waals surface area contributed by atoms with E-state index in [1.807, 2.05) is 17.0 Å². The highest BCUT2D eigenvalue weighted by atomic mass is 79.9. The van der Waals surface area contributed by atoms with Crippen LogP contribution >= 0.6 is 39.7 Å². The SMILES string of the molecule is COc1ccc(S(=O)(=O)N2CCN(C(=S)Nc3ccc(Br)cc3Cl)CC2)cc1. The molecule has 2 aromatic carbocycles. The van der Waals surface area contributed by atoms with Gasteiger partial charge < -0.3 is 15.0 Å². The van der Waals surface area contributed by atoms with Gasteiger partial charge in [0.25, 0.3) is 0 Å². The fourth-order valence-corrected chi connectivity index (χ4v) is 5.25. The predicted octanol–water partition coefficient (Wildman–Crippen LogP) is 3.81. The number of hydrogen-bond donors (Lipinski definition) is 1. The minimum absolute atomic E-state index is 0.254. The van der Waals surface area contributed by atoms with Gasteiger partial charge >= 0.3 is 0 Å². The lowest BCUT2D eigenvalue weighted by molar-refractivity contribution is 0.268. The second-order valence-electron chi connectivity index (χ2n) is 6.12. The maximum absolute atomic E-state index is 12.8. The van der Waals surface area contributed by atoms with E-state index in [2.05, 4.69) is 21.2 Å². The quantitative estimate of drug-likeness (QED) is 0.639. The first-order valence-corrected chi connectivity index (χ1v) is 11.5. The molecule has 1 N–H and O–H groups in total. The fourth-order valence-electron chi connectivity index (χ4n) is 2.81. The van der Waals surface area contributed by atoms with E-state index in [9.17, 15) is 8.42 Å². The molecule has 0 atom stereocenters. The van der Waals surface area contributed by atoms with Gasteiger partial charge in [-0.3, -0.25) is 0 Å². The predicted molar refractivity (Wildman–Crippen MR) is 119 cm³/mol. The number of hydrogen-bond acceptors (Lipinski definition) is 4. The zero-order valence-electron chi connectivity index (χ0n) is 15.1. The number of halogens is 2. The second-order valence-corrected chi connectivity index (χ2v) is 9.77. The normalized spacial score (nSPS) is 15.3. The van der Waals surface area contributed by atoms with Crippen molar-refractivity contribution in [1.82, 2.24) is 9.21 Å². The Bertz CT molecular complexity index is 963. The third-order valence-corrected chi connectivity index (χ3v) is 7.47. The van der Waals surface area contributed by atoms with E-state index in [-0.39, 0.29) is 4.90 Å². The number of nitrogens with zero attached hydrogens (tertiary/aromatic N) is 2. The molecule has 10 heteroatoms. The number of sulfonamides is 1. The Balaban J connectivity index is 1.62. The monoisotopic (exact) mass is 503 g/mol. The molecule has 3 rings (SSSR count). The lowest BCUT2D eigenvalue weighted by atomic mass is 10.3. The van der Waals surface area contributed by atoms with E-state index >= 15 is 0 Å². The van der Waals surface area contributed by atoms with Crippen LogP contribution in [0.5, 0.6) is 5.75 Å². The van der Waals surface area contributed by atoms with Crippen LogP contribution in [-0.4, -0.2) is 56.0 Å². The summed E-state index contributed by atoms with van der Waals surface area (Å²) in [5.74, 6) is 0.617. The fraction of sp³-hybridized carbons (Fsp3) is 0.278. The van der Waals surface area contributed by atoms with Crippen LogP contribution in [0.3, 0.4) is 0 Å². The van der Waals surface area contributed by atoms with Gasteiger partial charge in [0.1, 0.15) is 5.75 Å². The van der Waals surface area contributed by atoms with Gasteiger partial charge in [0, 0.05) is 30.7 Å². The van der Waals surface area contributed by atoms with Crippen molar-refractivity contribution in [2.45, 2.75) is 4.90 Å². The molecule has 1 aliphatic rings. The Hall–Kier alpha value is -1.39. The van der Waals surface area contributed by atoms with Crippen molar-refractivity contribution in [1.29, 1.82) is 0 Å². The zero-order valence-corrected chi connectivity index (χ0v) is 19.0.